The van der Waals surface area contributed by atoms with Gasteiger partial charge in [0.1, 0.15) is 11.8 Å². The number of carboxylic acids is 2. The maximum Gasteiger partial charge on any atom is 0.344 e. The summed E-state index contributed by atoms with van der Waals surface area (Å²) in [6, 6.07) is 11.4. The van der Waals surface area contributed by atoms with Gasteiger partial charge in [0, 0.05) is 6.42 Å². The number of carboxylic acid groups (broad SMARTS) is 2. The molecule has 0 aliphatic rings. The summed E-state index contributed by atoms with van der Waals surface area (Å²) in [7, 11) is 0. The third-order valence-corrected chi connectivity index (χ3v) is 3.06. The van der Waals surface area contributed by atoms with Crippen molar-refractivity contribution in [1.82, 2.24) is 0 Å². The molecule has 110 valence electrons. The number of hydrogen-bond donors (Lipinski definition) is 3. The van der Waals surface area contributed by atoms with E-state index < -0.39 is 24.1 Å². The summed E-state index contributed by atoms with van der Waals surface area (Å²) < 4.78 is 5.36. The highest BCUT2D eigenvalue weighted by atomic mass is 16.5. The van der Waals surface area contributed by atoms with Gasteiger partial charge in [-0.05, 0) is 22.9 Å². The van der Waals surface area contributed by atoms with Crippen molar-refractivity contribution in [2.24, 2.45) is 5.73 Å². The second-order valence-corrected chi connectivity index (χ2v) is 4.63. The minimum atomic E-state index is -1.31. The van der Waals surface area contributed by atoms with E-state index in [1.54, 1.807) is 18.2 Å². The van der Waals surface area contributed by atoms with E-state index in [1.807, 2.05) is 24.3 Å². The van der Waals surface area contributed by atoms with Crippen molar-refractivity contribution in [2.75, 3.05) is 0 Å². The molecule has 6 nitrogen and oxygen atoms in total. The summed E-state index contributed by atoms with van der Waals surface area (Å²) in [6.07, 6.45) is -1.62. The van der Waals surface area contributed by atoms with Crippen LogP contribution < -0.4 is 10.5 Å². The smallest absolute Gasteiger partial charge is 0.344 e. The third-order valence-electron chi connectivity index (χ3n) is 3.06. The highest BCUT2D eigenvalue weighted by molar-refractivity contribution is 5.84. The van der Waals surface area contributed by atoms with Crippen molar-refractivity contribution in [3.05, 3.63) is 42.5 Å². The number of aliphatic carboxylic acids is 2. The molecule has 1 unspecified atom stereocenters. The van der Waals surface area contributed by atoms with Crippen molar-refractivity contribution >= 4 is 22.7 Å². The fourth-order valence-corrected chi connectivity index (χ4v) is 1.94. The Morgan fingerprint density at radius 1 is 1.05 bits per heavy atom. The number of nitrogens with two attached hydrogens (primary N) is 1. The van der Waals surface area contributed by atoms with E-state index in [1.165, 1.54) is 0 Å². The first kappa shape index (κ1) is 14.8. The maximum absolute atomic E-state index is 11.2. The molecule has 0 saturated heterocycles. The minimum absolute atomic E-state index is 0.308. The predicted octanol–water partition coefficient (Wildman–Crippen LogP) is 1.47. The van der Waals surface area contributed by atoms with Gasteiger partial charge in [-0.2, -0.15) is 0 Å². The lowest BCUT2D eigenvalue weighted by atomic mass is 10.1. The Kier molecular flexibility index (Phi) is 4.39. The second-order valence-electron chi connectivity index (χ2n) is 4.63. The van der Waals surface area contributed by atoms with Crippen molar-refractivity contribution in [3.63, 3.8) is 0 Å². The molecule has 2 atom stereocenters. The Morgan fingerprint density at radius 3 is 2.33 bits per heavy atom. The number of ether oxygens (including phenoxy) is 1. The Bertz CT molecular complexity index is 670. The van der Waals surface area contributed by atoms with Crippen molar-refractivity contribution in [2.45, 2.75) is 18.6 Å². The lowest BCUT2D eigenvalue weighted by Gasteiger charge is -2.17. The monoisotopic (exact) mass is 289 g/mol. The van der Waals surface area contributed by atoms with Crippen LogP contribution in [-0.2, 0) is 9.59 Å². The van der Waals surface area contributed by atoms with Gasteiger partial charge in [0.15, 0.2) is 6.10 Å². The predicted molar refractivity (Wildman–Crippen MR) is 76.2 cm³/mol. The molecule has 0 aromatic heterocycles. The number of hydrogen-bond acceptors (Lipinski definition) is 4. The van der Waals surface area contributed by atoms with Gasteiger partial charge in [0.05, 0.1) is 0 Å². The molecule has 2 aromatic carbocycles. The molecule has 0 saturated carbocycles. The van der Waals surface area contributed by atoms with E-state index in [-0.39, 0.29) is 6.42 Å². The van der Waals surface area contributed by atoms with Gasteiger partial charge in [0.2, 0.25) is 0 Å². The van der Waals surface area contributed by atoms with Gasteiger partial charge in [0.25, 0.3) is 0 Å². The number of rotatable bonds is 6. The molecule has 0 bridgehead atoms. The van der Waals surface area contributed by atoms with E-state index in [4.69, 9.17) is 20.7 Å². The molecule has 6 heteroatoms. The molecule has 0 radical (unpaired) electrons. The first-order valence-electron chi connectivity index (χ1n) is 6.34. The van der Waals surface area contributed by atoms with Crippen LogP contribution in [0.25, 0.3) is 10.8 Å². The summed E-state index contributed by atoms with van der Waals surface area (Å²) in [5.74, 6) is -2.15. The average molecular weight is 289 g/mol. The molecular formula is C15H15NO5. The summed E-state index contributed by atoms with van der Waals surface area (Å²) in [4.78, 5) is 21.9. The van der Waals surface area contributed by atoms with Crippen LogP contribution in [-0.4, -0.2) is 34.3 Å². The van der Waals surface area contributed by atoms with Crippen LogP contribution in [0.15, 0.2) is 42.5 Å². The number of fused-ring (bicyclic) bond motifs is 1. The van der Waals surface area contributed by atoms with Crippen molar-refractivity contribution < 1.29 is 24.5 Å². The van der Waals surface area contributed by atoms with Crippen LogP contribution in [0.2, 0.25) is 0 Å². The van der Waals surface area contributed by atoms with Gasteiger partial charge in [-0.25, -0.2) is 4.79 Å². The van der Waals surface area contributed by atoms with Crippen LogP contribution in [0.1, 0.15) is 6.42 Å². The molecule has 0 heterocycles. The molecule has 0 aliphatic heterocycles. The third kappa shape index (κ3) is 3.70. The van der Waals surface area contributed by atoms with Gasteiger partial charge in [-0.15, -0.1) is 0 Å². The van der Waals surface area contributed by atoms with Crippen LogP contribution in [0.3, 0.4) is 0 Å². The van der Waals surface area contributed by atoms with Crippen molar-refractivity contribution in [1.29, 1.82) is 0 Å². The fourth-order valence-electron chi connectivity index (χ4n) is 1.94. The molecule has 2 aromatic rings. The van der Waals surface area contributed by atoms with Gasteiger partial charge < -0.3 is 20.7 Å². The zero-order chi connectivity index (χ0) is 15.4. The summed E-state index contributed by atoms with van der Waals surface area (Å²) in [5, 5.41) is 19.8. The van der Waals surface area contributed by atoms with Crippen LogP contribution in [0.5, 0.6) is 5.75 Å². The topological polar surface area (TPSA) is 110 Å². The highest BCUT2D eigenvalue weighted by Crippen LogP contribution is 2.22. The molecule has 4 N–H and O–H groups in total. The normalized spacial score (nSPS) is 13.6. The molecule has 0 amide bonds. The van der Waals surface area contributed by atoms with Gasteiger partial charge >= 0.3 is 11.9 Å². The zero-order valence-corrected chi connectivity index (χ0v) is 11.1. The lowest BCUT2D eigenvalue weighted by Crippen LogP contribution is -2.39. The molecule has 0 fully saturated rings. The highest BCUT2D eigenvalue weighted by Gasteiger charge is 2.26. The molecule has 0 spiro atoms. The zero-order valence-electron chi connectivity index (χ0n) is 11.1. The second kappa shape index (κ2) is 6.23. The van der Waals surface area contributed by atoms with Crippen LogP contribution in [0.4, 0.5) is 0 Å². The van der Waals surface area contributed by atoms with Crippen LogP contribution in [0, 0.1) is 0 Å². The average Bonchev–Trinajstić information content (AvgIpc) is 2.46. The summed E-state index contributed by atoms with van der Waals surface area (Å²) in [6.45, 7) is 0. The minimum Gasteiger partial charge on any atom is -0.480 e. The van der Waals surface area contributed by atoms with Crippen LogP contribution >= 0.6 is 0 Å². The first-order chi connectivity index (χ1) is 9.97. The standard InChI is InChI=1S/C15H15NO5/c16-12(14(17)18)8-13(15(19)20)21-11-6-5-9-3-1-2-4-10(9)7-11/h1-7,12-13H,8,16H2,(H,17,18)(H,19,20)/t12-,13?/m0/s1. The van der Waals surface area contributed by atoms with E-state index in [9.17, 15) is 9.59 Å². The number of carbonyl (C=O) groups is 2. The molecule has 0 aliphatic carbocycles. The fraction of sp³-hybridized carbons (Fsp3) is 0.200. The Hall–Kier alpha value is -2.60. The number of benzene rings is 2. The van der Waals surface area contributed by atoms with E-state index >= 15 is 0 Å². The Labute approximate surface area is 120 Å². The van der Waals surface area contributed by atoms with Crippen molar-refractivity contribution in [3.8, 4) is 5.75 Å². The summed E-state index contributed by atoms with van der Waals surface area (Å²) >= 11 is 0. The SMILES string of the molecule is N[C@@H](CC(Oc1ccc2ccccc2c1)C(=O)O)C(=O)O. The van der Waals surface area contributed by atoms with Gasteiger partial charge in [-0.1, -0.05) is 30.3 Å². The maximum atomic E-state index is 11.2. The first-order valence-corrected chi connectivity index (χ1v) is 6.34. The molecular weight excluding hydrogens is 274 g/mol. The molecule has 21 heavy (non-hydrogen) atoms. The van der Waals surface area contributed by atoms with E-state index in [0.29, 0.717) is 5.75 Å². The quantitative estimate of drug-likeness (QED) is 0.743. The largest absolute Gasteiger partial charge is 0.480 e. The molecule has 2 rings (SSSR count). The lowest BCUT2D eigenvalue weighted by molar-refractivity contribution is -0.146. The summed E-state index contributed by atoms with van der Waals surface area (Å²) in [5.41, 5.74) is 5.36. The Balaban J connectivity index is 2.18. The van der Waals surface area contributed by atoms with E-state index in [2.05, 4.69) is 0 Å². The van der Waals surface area contributed by atoms with Gasteiger partial charge in [-0.3, -0.25) is 4.79 Å². The van der Waals surface area contributed by atoms with E-state index in [0.717, 1.165) is 10.8 Å². The Morgan fingerprint density at radius 2 is 1.71 bits per heavy atom.